The third-order valence-corrected chi connectivity index (χ3v) is 8.86. The number of hydrogen-bond acceptors (Lipinski definition) is 10. The van der Waals surface area contributed by atoms with Gasteiger partial charge in [0, 0.05) is 6.42 Å². The minimum absolute atomic E-state index is 0.0114. The molecule has 3 aromatic carbocycles. The largest absolute Gasteiger partial charge is 0.394 e. The quantitative estimate of drug-likeness (QED) is 0.156. The molecule has 0 bridgehead atoms. The molecule has 7 rings (SSSR count). The van der Waals surface area contributed by atoms with Crippen molar-refractivity contribution >= 4 is 38.7 Å². The minimum atomic E-state index is -1.50. The summed E-state index contributed by atoms with van der Waals surface area (Å²) in [5.74, 6) is 0.0114. The Bertz CT molecular complexity index is 1920. The Morgan fingerprint density at radius 3 is 2.48 bits per heavy atom. The van der Waals surface area contributed by atoms with E-state index in [1.54, 1.807) is 6.07 Å². The lowest BCUT2D eigenvalue weighted by Gasteiger charge is -2.39. The van der Waals surface area contributed by atoms with Gasteiger partial charge in [0.1, 0.15) is 30.6 Å². The number of ether oxygens (including phenoxy) is 1. The highest BCUT2D eigenvalue weighted by Crippen LogP contribution is 2.45. The molecule has 2 aliphatic rings. The van der Waals surface area contributed by atoms with Crippen molar-refractivity contribution in [3.05, 3.63) is 75.3 Å². The van der Waals surface area contributed by atoms with Crippen LogP contribution in [0.5, 0.6) is 0 Å². The average molecular weight is 574 g/mol. The van der Waals surface area contributed by atoms with E-state index in [4.69, 9.17) is 4.74 Å². The van der Waals surface area contributed by atoms with E-state index in [2.05, 4.69) is 26.3 Å². The number of aryl methyl sites for hydroxylation is 2. The van der Waals surface area contributed by atoms with Crippen LogP contribution < -0.4 is 10.9 Å². The van der Waals surface area contributed by atoms with E-state index in [1.807, 2.05) is 38.1 Å². The number of nitrogens with zero attached hydrogens (tertiary/aromatic N) is 3. The number of rotatable bonds is 4. The molecule has 4 unspecified atom stereocenters. The first-order valence-corrected chi connectivity index (χ1v) is 13.9. The Kier molecular flexibility index (Phi) is 6.31. The zero-order valence-electron chi connectivity index (χ0n) is 22.9. The molecule has 12 nitrogen and oxygen atoms in total. The molecular formula is C30H31N5O7. The van der Waals surface area contributed by atoms with Gasteiger partial charge in [0.05, 0.1) is 25.1 Å². The summed E-state index contributed by atoms with van der Waals surface area (Å²) in [6.45, 7) is 3.66. The van der Waals surface area contributed by atoms with Crippen molar-refractivity contribution in [1.29, 1.82) is 0 Å². The van der Waals surface area contributed by atoms with Gasteiger partial charge in [-0.25, -0.2) is 4.98 Å². The third kappa shape index (κ3) is 3.87. The molecule has 0 spiro atoms. The normalized spacial score (nSPS) is 27.6. The fourth-order valence-electron chi connectivity index (χ4n) is 6.66. The number of H-pyrrole nitrogens is 1. The van der Waals surface area contributed by atoms with Crippen LogP contribution in [0.15, 0.2) is 47.5 Å². The first-order chi connectivity index (χ1) is 20.2. The van der Waals surface area contributed by atoms with Crippen LogP contribution in [-0.4, -0.2) is 76.1 Å². The van der Waals surface area contributed by atoms with Gasteiger partial charge in [-0.05, 0) is 57.6 Å². The highest BCUT2D eigenvalue weighted by molar-refractivity contribution is 6.07. The lowest BCUT2D eigenvalue weighted by atomic mass is 9.77. The molecule has 7 atom stereocenters. The number of aliphatic hydroxyl groups is 5. The molecule has 1 fully saturated rings. The topological polar surface area (TPSA) is 186 Å². The SMILES string of the molecule is Cc1c2ccccc2c(C)c2c3c(ccc12)C(O)C(O)C(O)C3Nc1nc2c(ncn2[C@H]2C[C@H](O)[C@@H](CO)O2)c(=O)[nH]1. The molecule has 0 saturated carbocycles. The van der Waals surface area contributed by atoms with Crippen molar-refractivity contribution in [2.75, 3.05) is 11.9 Å². The van der Waals surface area contributed by atoms with Gasteiger partial charge in [0.15, 0.2) is 11.2 Å². The van der Waals surface area contributed by atoms with Crippen molar-refractivity contribution < 1.29 is 30.3 Å². The summed E-state index contributed by atoms with van der Waals surface area (Å²) in [7, 11) is 0. The van der Waals surface area contributed by atoms with Gasteiger partial charge in [-0.2, -0.15) is 4.98 Å². The number of fused-ring (bicyclic) bond motifs is 5. The van der Waals surface area contributed by atoms with Gasteiger partial charge < -0.3 is 35.6 Å². The lowest BCUT2D eigenvalue weighted by molar-refractivity contribution is -0.0767. The first kappa shape index (κ1) is 27.0. The number of anilines is 1. The maximum atomic E-state index is 13.1. The smallest absolute Gasteiger partial charge is 0.280 e. The number of nitrogens with one attached hydrogen (secondary N) is 2. The van der Waals surface area contributed by atoms with Crippen molar-refractivity contribution in [1.82, 2.24) is 19.5 Å². The van der Waals surface area contributed by atoms with Crippen molar-refractivity contribution in [3.8, 4) is 0 Å². The molecule has 0 amide bonds. The van der Waals surface area contributed by atoms with Crippen molar-refractivity contribution in [2.24, 2.45) is 0 Å². The summed E-state index contributed by atoms with van der Waals surface area (Å²) in [5.41, 5.74) is 2.76. The van der Waals surface area contributed by atoms with Crippen LogP contribution in [0.4, 0.5) is 5.95 Å². The summed E-state index contributed by atoms with van der Waals surface area (Å²) in [4.78, 5) is 24.5. The number of benzene rings is 3. The van der Waals surface area contributed by atoms with Gasteiger partial charge in [-0.15, -0.1) is 0 Å². The molecule has 3 heterocycles. The molecule has 2 aromatic heterocycles. The van der Waals surface area contributed by atoms with Crippen LogP contribution in [0.2, 0.25) is 0 Å². The Balaban J connectivity index is 1.39. The summed E-state index contributed by atoms with van der Waals surface area (Å²) in [6, 6.07) is 10.8. The van der Waals surface area contributed by atoms with Gasteiger partial charge in [-0.3, -0.25) is 14.3 Å². The highest BCUT2D eigenvalue weighted by atomic mass is 16.5. The van der Waals surface area contributed by atoms with Gasteiger partial charge in [0.2, 0.25) is 5.95 Å². The Morgan fingerprint density at radius 1 is 1.02 bits per heavy atom. The van der Waals surface area contributed by atoms with Crippen LogP contribution in [0.3, 0.4) is 0 Å². The van der Waals surface area contributed by atoms with E-state index in [9.17, 15) is 30.3 Å². The second kappa shape index (κ2) is 9.83. The maximum Gasteiger partial charge on any atom is 0.280 e. The second-order valence-corrected chi connectivity index (χ2v) is 11.2. The standard InChI is InChI=1S/C30H31N5O7/c1-12-14-5-3-4-6-15(14)13(2)21-16(12)7-8-17-22(21)23(26(39)27(40)25(17)38)32-30-33-28-24(29(41)34-30)31-11-35(28)20-9-18(37)19(10-36)42-20/h3-8,11,18-20,23,25-27,36-40H,9-10H2,1-2H3,(H2,32,33,34,41)/t18-,19+,20+,23?,25?,26?,27?/m0/s1. The predicted molar refractivity (Wildman–Crippen MR) is 154 cm³/mol. The van der Waals surface area contributed by atoms with E-state index < -0.39 is 48.3 Å². The summed E-state index contributed by atoms with van der Waals surface area (Å²) in [5, 5.41) is 60.0. The third-order valence-electron chi connectivity index (χ3n) is 8.86. The van der Waals surface area contributed by atoms with Crippen LogP contribution in [0.1, 0.15) is 47.0 Å². The molecule has 5 aromatic rings. The van der Waals surface area contributed by atoms with E-state index in [0.29, 0.717) is 11.1 Å². The second-order valence-electron chi connectivity index (χ2n) is 11.2. The first-order valence-electron chi connectivity index (χ1n) is 13.9. The van der Waals surface area contributed by atoms with Crippen LogP contribution >= 0.6 is 0 Å². The van der Waals surface area contributed by atoms with Crippen LogP contribution in [-0.2, 0) is 4.74 Å². The molecule has 1 saturated heterocycles. The molecule has 1 aliphatic carbocycles. The molecule has 1 aliphatic heterocycles. The van der Waals surface area contributed by atoms with E-state index in [1.165, 1.54) is 10.9 Å². The molecular weight excluding hydrogens is 542 g/mol. The van der Waals surface area contributed by atoms with Crippen molar-refractivity contribution in [3.63, 3.8) is 0 Å². The van der Waals surface area contributed by atoms with E-state index >= 15 is 0 Å². The molecule has 42 heavy (non-hydrogen) atoms. The molecule has 12 heteroatoms. The van der Waals surface area contributed by atoms with Crippen LogP contribution in [0.25, 0.3) is 32.7 Å². The Morgan fingerprint density at radius 2 is 1.76 bits per heavy atom. The van der Waals surface area contributed by atoms with Crippen molar-refractivity contribution in [2.45, 2.75) is 63.1 Å². The average Bonchev–Trinajstić information content (AvgIpc) is 3.59. The number of hydrogen-bond donors (Lipinski definition) is 7. The van der Waals surface area contributed by atoms with Crippen LogP contribution in [0, 0.1) is 13.8 Å². The fourth-order valence-corrected chi connectivity index (χ4v) is 6.66. The van der Waals surface area contributed by atoms with E-state index in [-0.39, 0.29) is 30.1 Å². The van der Waals surface area contributed by atoms with Gasteiger partial charge >= 0.3 is 0 Å². The van der Waals surface area contributed by atoms with E-state index in [0.717, 1.165) is 32.7 Å². The number of aliphatic hydroxyl groups excluding tert-OH is 5. The maximum absolute atomic E-state index is 13.1. The number of aromatic nitrogens is 4. The van der Waals surface area contributed by atoms with Gasteiger partial charge in [0.25, 0.3) is 5.56 Å². The zero-order chi connectivity index (χ0) is 29.4. The molecule has 0 radical (unpaired) electrons. The number of aromatic amines is 1. The lowest BCUT2D eigenvalue weighted by Crippen LogP contribution is -2.45. The molecule has 7 N–H and O–H groups in total. The number of imidazole rings is 1. The molecule has 218 valence electrons. The Hall–Kier alpha value is -3.91. The van der Waals surface area contributed by atoms with Gasteiger partial charge in [-0.1, -0.05) is 36.4 Å². The summed E-state index contributed by atoms with van der Waals surface area (Å²) >= 11 is 0. The summed E-state index contributed by atoms with van der Waals surface area (Å²) in [6.07, 6.45) is -5.09. The monoisotopic (exact) mass is 573 g/mol. The highest BCUT2D eigenvalue weighted by Gasteiger charge is 2.42. The predicted octanol–water partition coefficient (Wildman–Crippen LogP) is 1.61. The fraction of sp³-hybridized carbons (Fsp3) is 0.367. The summed E-state index contributed by atoms with van der Waals surface area (Å²) < 4.78 is 7.27. The zero-order valence-corrected chi connectivity index (χ0v) is 22.9. The Labute approximate surface area is 238 Å². The minimum Gasteiger partial charge on any atom is -0.394 e.